The highest BCUT2D eigenvalue weighted by Crippen LogP contribution is 1.69. The number of aliphatic hydroxyl groups excluding tert-OH is 1. The molecule has 1 aliphatic heterocycles. The Labute approximate surface area is 42.7 Å². The summed E-state index contributed by atoms with van der Waals surface area (Å²) in [5, 5.41) is 13.8. The molecular formula is C4H11N2O+. The minimum absolute atomic E-state index is 0.270. The first kappa shape index (κ1) is 5.03. The van der Waals surface area contributed by atoms with Crippen LogP contribution in [0.25, 0.3) is 0 Å². The lowest BCUT2D eigenvalue weighted by Gasteiger charge is -2.15. The predicted molar refractivity (Wildman–Crippen MR) is 25.7 cm³/mol. The van der Waals surface area contributed by atoms with Gasteiger partial charge in [-0.05, 0) is 0 Å². The molecule has 1 fully saturated rings. The number of nitrogens with two attached hydrogens (primary N) is 1. The van der Waals surface area contributed by atoms with Crippen LogP contribution in [-0.2, 0) is 0 Å². The minimum Gasteiger partial charge on any atom is -0.373 e. The lowest BCUT2D eigenvalue weighted by molar-refractivity contribution is -0.668. The molecule has 7 heavy (non-hydrogen) atoms. The van der Waals surface area contributed by atoms with E-state index in [1.807, 2.05) is 0 Å². The lowest BCUT2D eigenvalue weighted by Crippen LogP contribution is -2.91. The van der Waals surface area contributed by atoms with Crippen molar-refractivity contribution in [2.75, 3.05) is 19.6 Å². The second-order valence-electron chi connectivity index (χ2n) is 1.78. The summed E-state index contributed by atoms with van der Waals surface area (Å²) in [5.41, 5.74) is 0. The number of rotatable bonds is 0. The Balaban J connectivity index is 2.12. The highest BCUT2D eigenvalue weighted by atomic mass is 16.3. The van der Waals surface area contributed by atoms with E-state index in [1.54, 1.807) is 0 Å². The van der Waals surface area contributed by atoms with Crippen molar-refractivity contribution in [3.63, 3.8) is 0 Å². The molecule has 0 amide bonds. The Morgan fingerprint density at radius 3 is 2.86 bits per heavy atom. The van der Waals surface area contributed by atoms with Crippen LogP contribution in [0.4, 0.5) is 0 Å². The highest BCUT2D eigenvalue weighted by Gasteiger charge is 2.08. The summed E-state index contributed by atoms with van der Waals surface area (Å²) < 4.78 is 0. The van der Waals surface area contributed by atoms with Crippen LogP contribution in [0.1, 0.15) is 0 Å². The summed E-state index contributed by atoms with van der Waals surface area (Å²) in [6.07, 6.45) is -0.270. The van der Waals surface area contributed by atoms with Gasteiger partial charge < -0.3 is 10.4 Å². The molecule has 1 rings (SSSR count). The van der Waals surface area contributed by atoms with Crippen LogP contribution in [-0.4, -0.2) is 31.0 Å². The molecule has 0 aromatic heterocycles. The van der Waals surface area contributed by atoms with E-state index >= 15 is 0 Å². The van der Waals surface area contributed by atoms with Gasteiger partial charge in [0, 0.05) is 6.54 Å². The Morgan fingerprint density at radius 1 is 1.71 bits per heavy atom. The summed E-state index contributed by atoms with van der Waals surface area (Å²) >= 11 is 0. The fourth-order valence-corrected chi connectivity index (χ4v) is 0.711. The molecule has 1 atom stereocenters. The van der Waals surface area contributed by atoms with Crippen LogP contribution in [0, 0.1) is 0 Å². The zero-order valence-electron chi connectivity index (χ0n) is 4.22. The lowest BCUT2D eigenvalue weighted by atomic mass is 10.4. The van der Waals surface area contributed by atoms with Crippen molar-refractivity contribution in [3.05, 3.63) is 0 Å². The van der Waals surface area contributed by atoms with Crippen molar-refractivity contribution in [3.8, 4) is 0 Å². The molecule has 0 bridgehead atoms. The first-order valence-electron chi connectivity index (χ1n) is 2.63. The van der Waals surface area contributed by atoms with E-state index in [2.05, 4.69) is 10.6 Å². The van der Waals surface area contributed by atoms with Gasteiger partial charge in [0.25, 0.3) is 0 Å². The van der Waals surface area contributed by atoms with Crippen LogP contribution >= 0.6 is 0 Å². The Kier molecular flexibility index (Phi) is 1.62. The topological polar surface area (TPSA) is 48.9 Å². The van der Waals surface area contributed by atoms with Gasteiger partial charge in [0.1, 0.15) is 6.54 Å². The molecule has 1 unspecified atom stereocenters. The molecule has 0 saturated carbocycles. The third kappa shape index (κ3) is 1.43. The van der Waals surface area contributed by atoms with Crippen LogP contribution in [0.2, 0.25) is 0 Å². The maximum absolute atomic E-state index is 8.77. The van der Waals surface area contributed by atoms with Crippen molar-refractivity contribution in [2.24, 2.45) is 0 Å². The summed E-state index contributed by atoms with van der Waals surface area (Å²) in [6.45, 7) is 2.83. The van der Waals surface area contributed by atoms with Crippen molar-refractivity contribution < 1.29 is 10.4 Å². The van der Waals surface area contributed by atoms with E-state index in [0.29, 0.717) is 0 Å². The number of hydrogen-bond donors (Lipinski definition) is 3. The second kappa shape index (κ2) is 2.26. The van der Waals surface area contributed by atoms with Gasteiger partial charge in [0.05, 0.1) is 6.54 Å². The van der Waals surface area contributed by atoms with Crippen LogP contribution in [0.3, 0.4) is 0 Å². The van der Waals surface area contributed by atoms with Crippen molar-refractivity contribution in [1.82, 2.24) is 5.32 Å². The van der Waals surface area contributed by atoms with E-state index in [9.17, 15) is 0 Å². The van der Waals surface area contributed by atoms with Crippen LogP contribution < -0.4 is 10.6 Å². The number of quaternary nitrogens is 1. The van der Waals surface area contributed by atoms with E-state index in [1.165, 1.54) is 0 Å². The van der Waals surface area contributed by atoms with Gasteiger partial charge in [0.2, 0.25) is 0 Å². The number of hydrogen-bond acceptors (Lipinski definition) is 2. The average molecular weight is 103 g/mol. The molecule has 0 radical (unpaired) electrons. The van der Waals surface area contributed by atoms with E-state index in [4.69, 9.17) is 5.11 Å². The minimum atomic E-state index is -0.270. The SMILES string of the molecule is OC1C[NH2+]CCN1. The molecule has 3 nitrogen and oxygen atoms in total. The first-order valence-corrected chi connectivity index (χ1v) is 2.63. The fraction of sp³-hybridized carbons (Fsp3) is 1.00. The van der Waals surface area contributed by atoms with Crippen molar-refractivity contribution in [1.29, 1.82) is 0 Å². The third-order valence-electron chi connectivity index (χ3n) is 1.12. The predicted octanol–water partition coefficient (Wildman–Crippen LogP) is -2.53. The summed E-state index contributed by atoms with van der Waals surface area (Å²) in [4.78, 5) is 0. The standard InChI is InChI=1S/C4H10N2O/c7-4-3-5-1-2-6-4/h4-7H,1-3H2/p+1. The van der Waals surface area contributed by atoms with Crippen molar-refractivity contribution >= 4 is 0 Å². The largest absolute Gasteiger partial charge is 0.373 e. The molecule has 0 aromatic carbocycles. The van der Waals surface area contributed by atoms with Gasteiger partial charge in [-0.1, -0.05) is 0 Å². The van der Waals surface area contributed by atoms with Gasteiger partial charge >= 0.3 is 0 Å². The van der Waals surface area contributed by atoms with Gasteiger partial charge in [0.15, 0.2) is 6.23 Å². The van der Waals surface area contributed by atoms with Crippen molar-refractivity contribution in [2.45, 2.75) is 6.23 Å². The summed E-state index contributed by atoms with van der Waals surface area (Å²) in [5.74, 6) is 0. The molecule has 1 heterocycles. The quantitative estimate of drug-likeness (QED) is 0.317. The number of nitrogens with one attached hydrogen (secondary N) is 1. The Bertz CT molecular complexity index is 51.7. The number of piperazine rings is 1. The molecule has 4 N–H and O–H groups in total. The molecule has 42 valence electrons. The van der Waals surface area contributed by atoms with E-state index in [0.717, 1.165) is 19.6 Å². The van der Waals surface area contributed by atoms with E-state index < -0.39 is 0 Å². The average Bonchev–Trinajstić information content (AvgIpc) is 1.69. The van der Waals surface area contributed by atoms with E-state index in [-0.39, 0.29) is 6.23 Å². The molecule has 3 heteroatoms. The van der Waals surface area contributed by atoms with Gasteiger partial charge in [-0.15, -0.1) is 0 Å². The first-order chi connectivity index (χ1) is 3.39. The normalized spacial score (nSPS) is 33.0. The molecule has 0 aliphatic carbocycles. The Morgan fingerprint density at radius 2 is 2.57 bits per heavy atom. The second-order valence-corrected chi connectivity index (χ2v) is 1.78. The highest BCUT2D eigenvalue weighted by molar-refractivity contribution is 4.51. The molecular weight excluding hydrogens is 92.1 g/mol. The molecule has 0 aromatic rings. The zero-order chi connectivity index (χ0) is 5.11. The fourth-order valence-electron chi connectivity index (χ4n) is 0.711. The third-order valence-corrected chi connectivity index (χ3v) is 1.12. The van der Waals surface area contributed by atoms with Crippen LogP contribution in [0.5, 0.6) is 0 Å². The molecule has 1 aliphatic rings. The summed E-state index contributed by atoms with van der Waals surface area (Å²) in [6, 6.07) is 0. The van der Waals surface area contributed by atoms with Crippen LogP contribution in [0.15, 0.2) is 0 Å². The van der Waals surface area contributed by atoms with Gasteiger partial charge in [-0.25, -0.2) is 0 Å². The molecule has 0 spiro atoms. The van der Waals surface area contributed by atoms with Gasteiger partial charge in [-0.2, -0.15) is 0 Å². The Hall–Kier alpha value is -0.120. The number of aliphatic hydroxyl groups is 1. The maximum Gasteiger partial charge on any atom is 0.154 e. The smallest absolute Gasteiger partial charge is 0.154 e. The maximum atomic E-state index is 8.77. The monoisotopic (exact) mass is 103 g/mol. The molecule has 1 saturated heterocycles. The summed E-state index contributed by atoms with van der Waals surface area (Å²) in [7, 11) is 0. The van der Waals surface area contributed by atoms with Gasteiger partial charge in [-0.3, -0.25) is 5.32 Å². The zero-order valence-corrected chi connectivity index (χ0v) is 4.22.